The Morgan fingerprint density at radius 2 is 2.07 bits per heavy atom. The van der Waals surface area contributed by atoms with Crippen molar-refractivity contribution in [2.24, 2.45) is 5.73 Å². The summed E-state index contributed by atoms with van der Waals surface area (Å²) in [5.41, 5.74) is 5.77. The fraction of sp³-hybridized carbons (Fsp3) is 0.364. The number of hydrogen-bond donors (Lipinski definition) is 3. The molecule has 0 aliphatic carbocycles. The van der Waals surface area contributed by atoms with Gasteiger partial charge in [-0.15, -0.1) is 0 Å². The van der Waals surface area contributed by atoms with Crippen LogP contribution in [0.1, 0.15) is 19.3 Å². The number of carbonyl (C=O) groups excluding carboxylic acids is 1. The number of carbonyl (C=O) groups is 1. The Balaban J connectivity index is 2.41. The van der Waals surface area contributed by atoms with Crippen molar-refractivity contribution >= 4 is 11.6 Å². The highest BCUT2D eigenvalue weighted by Crippen LogP contribution is 2.21. The molecule has 0 saturated heterocycles. The predicted molar refractivity (Wildman–Crippen MR) is 59.6 cm³/mol. The first-order chi connectivity index (χ1) is 7.24. The maximum absolute atomic E-state index is 11.4. The number of unbranched alkanes of at least 4 members (excludes halogenated alkanes) is 1. The number of phenols is 1. The van der Waals surface area contributed by atoms with Crippen molar-refractivity contribution in [2.75, 3.05) is 11.9 Å². The summed E-state index contributed by atoms with van der Waals surface area (Å²) < 4.78 is 0. The molecule has 1 aromatic rings. The number of nitrogens with two attached hydrogens (primary N) is 1. The molecule has 0 spiro atoms. The van der Waals surface area contributed by atoms with E-state index in [4.69, 9.17) is 5.73 Å². The molecule has 1 rings (SSSR count). The third-order valence-corrected chi connectivity index (χ3v) is 2.04. The second-order valence-corrected chi connectivity index (χ2v) is 3.31. The van der Waals surface area contributed by atoms with Gasteiger partial charge in [0.25, 0.3) is 0 Å². The summed E-state index contributed by atoms with van der Waals surface area (Å²) in [7, 11) is 0. The fourth-order valence-corrected chi connectivity index (χ4v) is 1.22. The van der Waals surface area contributed by atoms with Gasteiger partial charge in [0.15, 0.2) is 0 Å². The zero-order valence-corrected chi connectivity index (χ0v) is 8.57. The van der Waals surface area contributed by atoms with E-state index < -0.39 is 0 Å². The third kappa shape index (κ3) is 3.99. The van der Waals surface area contributed by atoms with Gasteiger partial charge in [0.05, 0.1) is 5.69 Å². The standard InChI is InChI=1S/C11H16N2O2/c12-8-4-3-7-11(15)13-9-5-1-2-6-10(9)14/h1-2,5-6,14H,3-4,7-8,12H2,(H,13,15). The van der Waals surface area contributed by atoms with Gasteiger partial charge in [-0.25, -0.2) is 0 Å². The van der Waals surface area contributed by atoms with Crippen LogP contribution < -0.4 is 11.1 Å². The number of nitrogens with one attached hydrogen (secondary N) is 1. The molecular formula is C11H16N2O2. The minimum atomic E-state index is -0.0926. The van der Waals surface area contributed by atoms with Crippen molar-refractivity contribution in [2.45, 2.75) is 19.3 Å². The van der Waals surface area contributed by atoms with Gasteiger partial charge < -0.3 is 16.2 Å². The molecule has 0 unspecified atom stereocenters. The van der Waals surface area contributed by atoms with Gasteiger partial charge in [-0.2, -0.15) is 0 Å². The second kappa shape index (κ2) is 6.03. The Bertz CT molecular complexity index is 326. The van der Waals surface area contributed by atoms with Crippen molar-refractivity contribution in [1.82, 2.24) is 0 Å². The minimum Gasteiger partial charge on any atom is -0.506 e. The van der Waals surface area contributed by atoms with Gasteiger partial charge >= 0.3 is 0 Å². The Hall–Kier alpha value is -1.55. The van der Waals surface area contributed by atoms with E-state index in [1.54, 1.807) is 18.2 Å². The highest BCUT2D eigenvalue weighted by Gasteiger charge is 2.04. The predicted octanol–water partition coefficient (Wildman–Crippen LogP) is 1.46. The summed E-state index contributed by atoms with van der Waals surface area (Å²) in [5.74, 6) is -0.00498. The van der Waals surface area contributed by atoms with E-state index in [1.807, 2.05) is 0 Å². The first-order valence-electron chi connectivity index (χ1n) is 5.02. The number of benzene rings is 1. The average Bonchev–Trinajstić information content (AvgIpc) is 2.22. The van der Waals surface area contributed by atoms with Crippen LogP contribution in [0.15, 0.2) is 24.3 Å². The Kier molecular flexibility index (Phi) is 4.63. The van der Waals surface area contributed by atoms with Crippen LogP contribution >= 0.6 is 0 Å². The van der Waals surface area contributed by atoms with Gasteiger partial charge in [0.2, 0.25) is 5.91 Å². The molecule has 15 heavy (non-hydrogen) atoms. The van der Waals surface area contributed by atoms with E-state index in [0.717, 1.165) is 12.8 Å². The summed E-state index contributed by atoms with van der Waals surface area (Å²) >= 11 is 0. The molecular weight excluding hydrogens is 192 g/mol. The van der Waals surface area contributed by atoms with Crippen molar-refractivity contribution in [3.63, 3.8) is 0 Å². The van der Waals surface area contributed by atoms with Crippen LogP contribution in [-0.2, 0) is 4.79 Å². The number of amides is 1. The third-order valence-electron chi connectivity index (χ3n) is 2.04. The second-order valence-electron chi connectivity index (χ2n) is 3.31. The maximum Gasteiger partial charge on any atom is 0.224 e. The maximum atomic E-state index is 11.4. The molecule has 4 heteroatoms. The molecule has 1 aromatic carbocycles. The van der Waals surface area contributed by atoms with Crippen LogP contribution in [-0.4, -0.2) is 17.6 Å². The summed E-state index contributed by atoms with van der Waals surface area (Å²) in [6.45, 7) is 0.601. The van der Waals surface area contributed by atoms with Gasteiger partial charge in [-0.05, 0) is 31.5 Å². The van der Waals surface area contributed by atoms with Crippen molar-refractivity contribution in [3.8, 4) is 5.75 Å². The number of para-hydroxylation sites is 2. The molecule has 4 nitrogen and oxygen atoms in total. The molecule has 0 heterocycles. The van der Waals surface area contributed by atoms with Gasteiger partial charge in [0.1, 0.15) is 5.75 Å². The summed E-state index contributed by atoms with van der Waals surface area (Å²) in [4.78, 5) is 11.4. The highest BCUT2D eigenvalue weighted by molar-refractivity contribution is 5.92. The van der Waals surface area contributed by atoms with E-state index in [-0.39, 0.29) is 11.7 Å². The number of aromatic hydroxyl groups is 1. The van der Waals surface area contributed by atoms with E-state index in [2.05, 4.69) is 5.32 Å². The van der Waals surface area contributed by atoms with Crippen LogP contribution in [0.5, 0.6) is 5.75 Å². The Morgan fingerprint density at radius 3 is 2.73 bits per heavy atom. The summed E-state index contributed by atoms with van der Waals surface area (Å²) in [6, 6.07) is 6.67. The lowest BCUT2D eigenvalue weighted by molar-refractivity contribution is -0.116. The molecule has 0 aromatic heterocycles. The molecule has 1 amide bonds. The lowest BCUT2D eigenvalue weighted by Gasteiger charge is -2.06. The highest BCUT2D eigenvalue weighted by atomic mass is 16.3. The number of rotatable bonds is 5. The fourth-order valence-electron chi connectivity index (χ4n) is 1.22. The quantitative estimate of drug-likeness (QED) is 0.506. The number of phenolic OH excluding ortho intramolecular Hbond substituents is 1. The molecule has 4 N–H and O–H groups in total. The monoisotopic (exact) mass is 208 g/mol. The molecule has 0 aliphatic rings. The van der Waals surface area contributed by atoms with Crippen LogP contribution in [0, 0.1) is 0 Å². The SMILES string of the molecule is NCCCCC(=O)Nc1ccccc1O. The Morgan fingerprint density at radius 1 is 1.33 bits per heavy atom. The molecule has 0 bridgehead atoms. The first-order valence-corrected chi connectivity index (χ1v) is 5.02. The zero-order valence-electron chi connectivity index (χ0n) is 8.57. The topological polar surface area (TPSA) is 75.4 Å². The normalized spacial score (nSPS) is 9.93. The van der Waals surface area contributed by atoms with Gasteiger partial charge in [-0.1, -0.05) is 12.1 Å². The largest absolute Gasteiger partial charge is 0.506 e. The molecule has 0 atom stereocenters. The van der Waals surface area contributed by atoms with Gasteiger partial charge in [-0.3, -0.25) is 4.79 Å². The minimum absolute atomic E-state index is 0.0877. The van der Waals surface area contributed by atoms with E-state index in [9.17, 15) is 9.90 Å². The molecule has 0 radical (unpaired) electrons. The first kappa shape index (κ1) is 11.5. The molecule has 82 valence electrons. The smallest absolute Gasteiger partial charge is 0.224 e. The summed E-state index contributed by atoms with van der Waals surface area (Å²) in [6.07, 6.45) is 2.05. The van der Waals surface area contributed by atoms with E-state index in [1.165, 1.54) is 6.07 Å². The average molecular weight is 208 g/mol. The lowest BCUT2D eigenvalue weighted by Crippen LogP contribution is -2.12. The van der Waals surface area contributed by atoms with Crippen molar-refractivity contribution in [1.29, 1.82) is 0 Å². The molecule has 0 aliphatic heterocycles. The van der Waals surface area contributed by atoms with Crippen molar-refractivity contribution < 1.29 is 9.90 Å². The molecule has 0 saturated carbocycles. The zero-order chi connectivity index (χ0) is 11.1. The van der Waals surface area contributed by atoms with Crippen LogP contribution in [0.2, 0.25) is 0 Å². The number of hydrogen-bond acceptors (Lipinski definition) is 3. The van der Waals surface area contributed by atoms with Crippen LogP contribution in [0.25, 0.3) is 0 Å². The Labute approximate surface area is 89.1 Å². The van der Waals surface area contributed by atoms with Crippen LogP contribution in [0.4, 0.5) is 5.69 Å². The van der Waals surface area contributed by atoms with Gasteiger partial charge in [0, 0.05) is 6.42 Å². The lowest BCUT2D eigenvalue weighted by atomic mass is 10.2. The van der Waals surface area contributed by atoms with Crippen LogP contribution in [0.3, 0.4) is 0 Å². The van der Waals surface area contributed by atoms with E-state index >= 15 is 0 Å². The van der Waals surface area contributed by atoms with Crippen molar-refractivity contribution in [3.05, 3.63) is 24.3 Å². The molecule has 0 fully saturated rings. The summed E-state index contributed by atoms with van der Waals surface area (Å²) in [5, 5.41) is 12.0. The van der Waals surface area contributed by atoms with E-state index in [0.29, 0.717) is 18.7 Å². The number of anilines is 1.